The number of ether oxygens (including phenoxy) is 1. The highest BCUT2D eigenvalue weighted by atomic mass is 35.5. The summed E-state index contributed by atoms with van der Waals surface area (Å²) in [7, 11) is -14.8. The van der Waals surface area contributed by atoms with Crippen molar-refractivity contribution >= 4 is 79.6 Å². The van der Waals surface area contributed by atoms with Crippen LogP contribution in [0.1, 0.15) is 83.1 Å². The summed E-state index contributed by atoms with van der Waals surface area (Å²) in [6, 6.07) is 25.3. The van der Waals surface area contributed by atoms with Crippen LogP contribution >= 0.6 is 31.0 Å². The van der Waals surface area contributed by atoms with Crippen molar-refractivity contribution < 1.29 is 57.9 Å². The average Bonchev–Trinajstić information content (AvgIpc) is 3.40. The predicted octanol–water partition coefficient (Wildman–Crippen LogP) is 10.9. The maximum Gasteiger partial charge on any atom is 0.501 e. The molecule has 7 rings (SSSR count). The number of hydrogen-bond acceptors (Lipinski definition) is 16. The fourth-order valence-electron chi connectivity index (χ4n) is 9.76. The average molecular weight is 1210 g/mol. The highest BCUT2D eigenvalue weighted by Crippen LogP contribution is 2.49. The molecular formula is C56H73ClF3N6O10PS3. The van der Waals surface area contributed by atoms with Crippen molar-refractivity contribution in [1.82, 2.24) is 19.4 Å². The monoisotopic (exact) mass is 1210 g/mol. The predicted molar refractivity (Wildman–Crippen MR) is 308 cm³/mol. The van der Waals surface area contributed by atoms with Gasteiger partial charge in [-0.2, -0.15) is 13.2 Å². The van der Waals surface area contributed by atoms with Gasteiger partial charge >= 0.3 is 19.1 Å². The summed E-state index contributed by atoms with van der Waals surface area (Å²) in [5.41, 5.74) is -2.05. The third-order valence-corrected chi connectivity index (χ3v) is 20.5. The summed E-state index contributed by atoms with van der Waals surface area (Å²) < 4.78 is 129. The van der Waals surface area contributed by atoms with E-state index in [2.05, 4.69) is 46.0 Å². The number of alkyl halides is 3. The van der Waals surface area contributed by atoms with Gasteiger partial charge in [0.1, 0.15) is 11.2 Å². The molecule has 2 atom stereocenters. The van der Waals surface area contributed by atoms with Crippen molar-refractivity contribution in [2.45, 2.75) is 93.5 Å². The second-order valence-electron chi connectivity index (χ2n) is 22.1. The standard InChI is InChI=1S/C56H73ClF3N6O10PS3/c1-7-75-77(69,76-40-74-53(68)54(2,3)4)39-65-29-27-63(28-30-65)26-24-45(38-78-47-11-9-8-10-12-47)61-50-22-21-48(35-51(50)79(70,71)56(58,59)60)80(72,73)62-52(67)42-15-19-46(20-16-42)66-33-31-64(32-34-66)37-43-36-55(5,6)25-23-49(43)41-13-17-44(57)18-14-41/h8-22,35,45,61H,7,23-34,36-40H2,1-6H3,(H,62,67)/t45-,77?/m1/s1. The fraction of sp³-hybridized carbons (Fsp3) is 0.500. The zero-order valence-corrected chi connectivity index (χ0v) is 50.2. The van der Waals surface area contributed by atoms with Crippen molar-refractivity contribution in [3.8, 4) is 0 Å². The second-order valence-corrected chi connectivity index (χ2v) is 29.2. The number of anilines is 2. The molecule has 1 amide bonds. The Hall–Kier alpha value is -4.48. The van der Waals surface area contributed by atoms with E-state index in [-0.39, 0.29) is 29.6 Å². The molecule has 2 aliphatic heterocycles. The number of allylic oxidation sites excluding steroid dienone is 1. The van der Waals surface area contributed by atoms with Gasteiger partial charge < -0.3 is 24.4 Å². The lowest BCUT2D eigenvalue weighted by Crippen LogP contribution is -2.47. The van der Waals surface area contributed by atoms with Gasteiger partial charge in [-0.1, -0.05) is 61.4 Å². The number of sulfonamides is 1. The molecule has 0 aromatic heterocycles. The number of thioether (sulfide) groups is 1. The quantitative estimate of drug-likeness (QED) is 0.0309. The topological polar surface area (TPSA) is 184 Å². The van der Waals surface area contributed by atoms with Crippen LogP contribution in [0.2, 0.25) is 5.02 Å². The van der Waals surface area contributed by atoms with Crippen LogP contribution in [0.3, 0.4) is 0 Å². The number of halogens is 4. The van der Waals surface area contributed by atoms with E-state index in [9.17, 15) is 44.2 Å². The van der Waals surface area contributed by atoms with E-state index in [0.717, 1.165) is 61.6 Å². The van der Waals surface area contributed by atoms with Gasteiger partial charge in [0.25, 0.3) is 25.8 Å². The van der Waals surface area contributed by atoms with Gasteiger partial charge in [0.05, 0.1) is 22.6 Å². The van der Waals surface area contributed by atoms with Gasteiger partial charge in [0.15, 0.2) is 0 Å². The third-order valence-electron chi connectivity index (χ3n) is 14.3. The Labute approximate surface area is 478 Å². The van der Waals surface area contributed by atoms with Crippen LogP contribution in [-0.2, 0) is 43.0 Å². The summed E-state index contributed by atoms with van der Waals surface area (Å²) in [6.45, 7) is 17.1. The molecular weight excluding hydrogens is 1140 g/mol. The first-order chi connectivity index (χ1) is 37.6. The van der Waals surface area contributed by atoms with E-state index >= 15 is 0 Å². The Morgan fingerprint density at radius 3 is 2.09 bits per heavy atom. The Morgan fingerprint density at radius 1 is 0.825 bits per heavy atom. The lowest BCUT2D eigenvalue weighted by Gasteiger charge is -2.39. The van der Waals surface area contributed by atoms with Gasteiger partial charge in [-0.05, 0) is 137 Å². The fourth-order valence-corrected chi connectivity index (χ4v) is 14.5. The number of piperazine rings is 2. The first-order valence-electron chi connectivity index (χ1n) is 26.6. The third kappa shape index (κ3) is 17.3. The van der Waals surface area contributed by atoms with Crippen molar-refractivity contribution in [2.24, 2.45) is 10.8 Å². The van der Waals surface area contributed by atoms with Crippen LogP contribution in [0.4, 0.5) is 24.5 Å². The number of benzene rings is 4. The maximum atomic E-state index is 14.4. The van der Waals surface area contributed by atoms with Crippen molar-refractivity contribution in [3.63, 3.8) is 0 Å². The molecule has 0 bridgehead atoms. The number of sulfone groups is 1. The van der Waals surface area contributed by atoms with Crippen molar-refractivity contribution in [1.29, 1.82) is 0 Å². The number of rotatable bonds is 23. The molecule has 0 radical (unpaired) electrons. The molecule has 1 unspecified atom stereocenters. The lowest BCUT2D eigenvalue weighted by molar-refractivity contribution is -0.160. The number of carbonyl (C=O) groups excluding carboxylic acids is 2. The zero-order chi connectivity index (χ0) is 58.1. The molecule has 3 aliphatic rings. The highest BCUT2D eigenvalue weighted by molar-refractivity contribution is 7.99. The van der Waals surface area contributed by atoms with Crippen molar-refractivity contribution in [2.75, 3.05) is 101 Å². The smallest absolute Gasteiger partial charge is 0.438 e. The van der Waals surface area contributed by atoms with E-state index < -0.39 is 78.6 Å². The van der Waals surface area contributed by atoms with Gasteiger partial charge in [0.2, 0.25) is 6.79 Å². The first-order valence-corrected chi connectivity index (χ1v) is 32.7. The van der Waals surface area contributed by atoms with Crippen LogP contribution in [0.5, 0.6) is 0 Å². The number of carbonyl (C=O) groups is 2. The minimum Gasteiger partial charge on any atom is -0.438 e. The summed E-state index contributed by atoms with van der Waals surface area (Å²) in [5, 5.41) is 3.70. The zero-order valence-electron chi connectivity index (χ0n) is 46.1. The van der Waals surface area contributed by atoms with Crippen LogP contribution in [0.25, 0.3) is 5.57 Å². The van der Waals surface area contributed by atoms with Crippen LogP contribution in [-0.4, -0.2) is 146 Å². The van der Waals surface area contributed by atoms with Gasteiger partial charge in [0, 0.05) is 98.4 Å². The number of amides is 1. The maximum absolute atomic E-state index is 14.4. The number of nitrogens with zero attached hydrogens (tertiary/aromatic N) is 4. The largest absolute Gasteiger partial charge is 0.501 e. The van der Waals surface area contributed by atoms with Gasteiger partial charge in [-0.25, -0.2) is 21.6 Å². The minimum atomic E-state index is -6.15. The normalized spacial score (nSPS) is 18.4. The first kappa shape index (κ1) is 63.1. The summed E-state index contributed by atoms with van der Waals surface area (Å²) in [6.07, 6.45) is 3.37. The van der Waals surface area contributed by atoms with Crippen LogP contribution in [0, 0.1) is 10.8 Å². The molecule has 4 aromatic carbocycles. The molecule has 2 fully saturated rings. The minimum absolute atomic E-state index is 0.0328. The Morgan fingerprint density at radius 2 is 1.46 bits per heavy atom. The van der Waals surface area contributed by atoms with Crippen LogP contribution in [0.15, 0.2) is 117 Å². The number of nitrogens with one attached hydrogen (secondary N) is 2. The molecule has 1 aliphatic carbocycles. The van der Waals surface area contributed by atoms with Gasteiger partial charge in [-0.3, -0.25) is 28.5 Å². The summed E-state index contributed by atoms with van der Waals surface area (Å²) in [5.74, 6) is -1.30. The van der Waals surface area contributed by atoms with E-state index in [1.807, 2.05) is 52.1 Å². The Balaban J connectivity index is 0.992. The molecule has 4 aromatic rings. The van der Waals surface area contributed by atoms with Crippen molar-refractivity contribution in [3.05, 3.63) is 119 Å². The molecule has 2 N–H and O–H groups in total. The second kappa shape index (κ2) is 26.8. The van der Waals surface area contributed by atoms with E-state index in [1.165, 1.54) is 40.6 Å². The molecule has 0 saturated carbocycles. The molecule has 80 heavy (non-hydrogen) atoms. The van der Waals surface area contributed by atoms with Crippen LogP contribution < -0.4 is 14.9 Å². The Bertz CT molecular complexity index is 3080. The molecule has 2 heterocycles. The SMILES string of the molecule is CCOP(=O)(CN1CCN(CC[C@H](CSc2ccccc2)Nc2ccc(S(=O)(=O)NC(=O)c3ccc(N4CCN(CC5=C(c6ccc(Cl)cc6)CCC(C)(C)C5)CC4)cc3)cc2S(=O)(=O)C(F)(F)F)CC1)OCOC(=O)C(C)(C)C. The number of esters is 1. The van der Waals surface area contributed by atoms with E-state index in [4.69, 9.17) is 25.4 Å². The number of hydrogen-bond donors (Lipinski definition) is 2. The van der Waals surface area contributed by atoms with E-state index in [0.29, 0.717) is 63.3 Å². The molecule has 24 heteroatoms. The summed E-state index contributed by atoms with van der Waals surface area (Å²) >= 11 is 7.60. The Kier molecular flexibility index (Phi) is 21.2. The summed E-state index contributed by atoms with van der Waals surface area (Å²) in [4.78, 5) is 33.0. The van der Waals surface area contributed by atoms with Gasteiger partial charge in [-0.15, -0.1) is 11.8 Å². The molecule has 438 valence electrons. The molecule has 2 saturated heterocycles. The molecule has 16 nitrogen and oxygen atoms in total. The highest BCUT2D eigenvalue weighted by Gasteiger charge is 2.49. The lowest BCUT2D eigenvalue weighted by atomic mass is 9.73. The molecule has 0 spiro atoms. The van der Waals surface area contributed by atoms with E-state index in [1.54, 1.807) is 39.8 Å².